The van der Waals surface area contributed by atoms with E-state index < -0.39 is 0 Å². The molecule has 2 aromatic carbocycles. The molecule has 1 fully saturated rings. The van der Waals surface area contributed by atoms with Crippen LogP contribution in [-0.4, -0.2) is 44.1 Å². The van der Waals surface area contributed by atoms with Gasteiger partial charge in [-0.3, -0.25) is 4.79 Å². The quantitative estimate of drug-likeness (QED) is 0.795. The zero-order chi connectivity index (χ0) is 16.8. The Balaban J connectivity index is 1.44. The summed E-state index contributed by atoms with van der Waals surface area (Å²) in [5, 5.41) is 5.50. The van der Waals surface area contributed by atoms with Gasteiger partial charge in [0.05, 0.1) is 6.61 Å². The minimum Gasteiger partial charge on any atom is -0.493 e. The normalized spacial score (nSPS) is 17.4. The van der Waals surface area contributed by atoms with Crippen molar-refractivity contribution < 1.29 is 9.53 Å². The maximum absolute atomic E-state index is 12.3. The van der Waals surface area contributed by atoms with Gasteiger partial charge >= 0.3 is 0 Å². The molecule has 3 rings (SSSR count). The smallest absolute Gasteiger partial charge is 0.222 e. The number of carbonyl (C=O) groups excluding carboxylic acids is 1. The maximum Gasteiger partial charge on any atom is 0.222 e. The molecule has 1 heterocycles. The Morgan fingerprint density at radius 3 is 2.96 bits per heavy atom. The van der Waals surface area contributed by atoms with Gasteiger partial charge in [-0.1, -0.05) is 36.4 Å². The zero-order valence-corrected chi connectivity index (χ0v) is 14.3. The van der Waals surface area contributed by atoms with Gasteiger partial charge in [0.1, 0.15) is 5.75 Å². The van der Waals surface area contributed by atoms with Crippen LogP contribution in [0.5, 0.6) is 5.75 Å². The van der Waals surface area contributed by atoms with Crippen LogP contribution >= 0.6 is 0 Å². The molecule has 0 aromatic heterocycles. The van der Waals surface area contributed by atoms with E-state index in [0.717, 1.165) is 43.6 Å². The molecule has 4 heteroatoms. The Hall–Kier alpha value is -2.07. The van der Waals surface area contributed by atoms with Gasteiger partial charge < -0.3 is 15.0 Å². The summed E-state index contributed by atoms with van der Waals surface area (Å²) in [6.45, 7) is 3.36. The average molecular weight is 326 g/mol. The second-order valence-corrected chi connectivity index (χ2v) is 6.48. The zero-order valence-electron chi connectivity index (χ0n) is 14.3. The third-order valence-corrected chi connectivity index (χ3v) is 4.67. The molecule has 1 saturated heterocycles. The number of rotatable bonds is 7. The molecule has 0 spiro atoms. The molecule has 0 bridgehead atoms. The van der Waals surface area contributed by atoms with Crippen LogP contribution in [0, 0.1) is 5.92 Å². The van der Waals surface area contributed by atoms with E-state index in [1.807, 2.05) is 36.2 Å². The van der Waals surface area contributed by atoms with Gasteiger partial charge in [-0.15, -0.1) is 0 Å². The number of fused-ring (bicyclic) bond motifs is 1. The third-order valence-electron chi connectivity index (χ3n) is 4.67. The monoisotopic (exact) mass is 326 g/mol. The van der Waals surface area contributed by atoms with Gasteiger partial charge in [0.15, 0.2) is 0 Å². The van der Waals surface area contributed by atoms with Gasteiger partial charge in [-0.05, 0) is 43.8 Å². The van der Waals surface area contributed by atoms with E-state index in [1.165, 1.54) is 5.39 Å². The first kappa shape index (κ1) is 16.8. The van der Waals surface area contributed by atoms with Crippen LogP contribution in [-0.2, 0) is 4.79 Å². The fourth-order valence-electron chi connectivity index (χ4n) is 3.40. The fourth-order valence-corrected chi connectivity index (χ4v) is 3.40. The maximum atomic E-state index is 12.3. The van der Waals surface area contributed by atoms with E-state index in [-0.39, 0.29) is 5.91 Å². The minimum atomic E-state index is 0.259. The first-order chi connectivity index (χ1) is 11.8. The first-order valence-electron chi connectivity index (χ1n) is 8.81. The highest BCUT2D eigenvalue weighted by Gasteiger charge is 2.25. The van der Waals surface area contributed by atoms with Crippen molar-refractivity contribution in [3.63, 3.8) is 0 Å². The molecule has 1 aliphatic rings. The van der Waals surface area contributed by atoms with Crippen LogP contribution in [0.2, 0.25) is 0 Å². The van der Waals surface area contributed by atoms with Crippen LogP contribution in [0.1, 0.15) is 19.3 Å². The number of hydrogen-bond acceptors (Lipinski definition) is 3. The van der Waals surface area contributed by atoms with E-state index in [2.05, 4.69) is 23.5 Å². The Morgan fingerprint density at radius 2 is 2.08 bits per heavy atom. The molecule has 24 heavy (non-hydrogen) atoms. The predicted octanol–water partition coefficient (Wildman–Crippen LogP) is 3.07. The Bertz CT molecular complexity index is 681. The summed E-state index contributed by atoms with van der Waals surface area (Å²) in [5.41, 5.74) is 0. The number of nitrogens with zero attached hydrogens (tertiary/aromatic N) is 1. The van der Waals surface area contributed by atoms with Crippen LogP contribution < -0.4 is 10.1 Å². The lowest BCUT2D eigenvalue weighted by atomic mass is 10.1. The predicted molar refractivity (Wildman–Crippen MR) is 97.3 cm³/mol. The van der Waals surface area contributed by atoms with E-state index >= 15 is 0 Å². The highest BCUT2D eigenvalue weighted by Crippen LogP contribution is 2.25. The number of ether oxygens (including phenoxy) is 1. The lowest BCUT2D eigenvalue weighted by Crippen LogP contribution is -2.30. The third kappa shape index (κ3) is 4.06. The molecular weight excluding hydrogens is 300 g/mol. The molecule has 4 nitrogen and oxygen atoms in total. The van der Waals surface area contributed by atoms with E-state index in [4.69, 9.17) is 4.74 Å². The lowest BCUT2D eigenvalue weighted by Gasteiger charge is -2.16. The van der Waals surface area contributed by atoms with E-state index in [1.54, 1.807) is 0 Å². The standard InChI is InChI=1S/C20H26N2O2/c1-21-14-16-11-12-22(15-16)20(23)10-5-13-24-19-9-4-7-17-6-2-3-8-18(17)19/h2-4,6-9,16,21H,5,10-15H2,1H3. The summed E-state index contributed by atoms with van der Waals surface area (Å²) in [6.07, 6.45) is 2.44. The van der Waals surface area contributed by atoms with Crippen LogP contribution in [0.25, 0.3) is 10.8 Å². The van der Waals surface area contributed by atoms with Crippen molar-refractivity contribution in [2.45, 2.75) is 19.3 Å². The summed E-state index contributed by atoms with van der Waals surface area (Å²) < 4.78 is 5.91. The molecule has 1 atom stereocenters. The summed E-state index contributed by atoms with van der Waals surface area (Å²) in [5.74, 6) is 1.76. The Morgan fingerprint density at radius 1 is 1.25 bits per heavy atom. The fraction of sp³-hybridized carbons (Fsp3) is 0.450. The van der Waals surface area contributed by atoms with Crippen LogP contribution in [0.3, 0.4) is 0 Å². The number of nitrogens with one attached hydrogen (secondary N) is 1. The number of hydrogen-bond donors (Lipinski definition) is 1. The number of benzene rings is 2. The molecule has 1 unspecified atom stereocenters. The van der Waals surface area contributed by atoms with Crippen molar-refractivity contribution in [1.82, 2.24) is 10.2 Å². The van der Waals surface area contributed by atoms with Crippen molar-refractivity contribution in [3.05, 3.63) is 42.5 Å². The molecule has 2 aromatic rings. The molecular formula is C20H26N2O2. The Kier molecular flexibility index (Phi) is 5.70. The second kappa shape index (κ2) is 8.15. The number of carbonyl (C=O) groups is 1. The molecule has 0 saturated carbocycles. The summed E-state index contributed by atoms with van der Waals surface area (Å²) in [7, 11) is 1.97. The van der Waals surface area contributed by atoms with E-state index in [9.17, 15) is 4.79 Å². The SMILES string of the molecule is CNCC1CCN(C(=O)CCCOc2cccc3ccccc23)C1. The van der Waals surface area contributed by atoms with Gasteiger partial charge in [0, 0.05) is 24.9 Å². The molecule has 128 valence electrons. The molecule has 1 aliphatic heterocycles. The Labute approximate surface area is 143 Å². The van der Waals surface area contributed by atoms with Crippen molar-refractivity contribution in [1.29, 1.82) is 0 Å². The van der Waals surface area contributed by atoms with Gasteiger partial charge in [0.2, 0.25) is 5.91 Å². The molecule has 0 aliphatic carbocycles. The molecule has 0 radical (unpaired) electrons. The van der Waals surface area contributed by atoms with E-state index in [0.29, 0.717) is 18.9 Å². The van der Waals surface area contributed by atoms with Gasteiger partial charge in [-0.25, -0.2) is 0 Å². The van der Waals surface area contributed by atoms with Crippen molar-refractivity contribution in [2.24, 2.45) is 5.92 Å². The van der Waals surface area contributed by atoms with Crippen LogP contribution in [0.4, 0.5) is 0 Å². The van der Waals surface area contributed by atoms with Gasteiger partial charge in [-0.2, -0.15) is 0 Å². The van der Waals surface area contributed by atoms with Gasteiger partial charge in [0.25, 0.3) is 0 Å². The largest absolute Gasteiger partial charge is 0.493 e. The van der Waals surface area contributed by atoms with Crippen molar-refractivity contribution in [2.75, 3.05) is 33.3 Å². The summed E-state index contributed by atoms with van der Waals surface area (Å²) in [6, 6.07) is 14.3. The lowest BCUT2D eigenvalue weighted by molar-refractivity contribution is -0.130. The van der Waals surface area contributed by atoms with Crippen LogP contribution in [0.15, 0.2) is 42.5 Å². The summed E-state index contributed by atoms with van der Waals surface area (Å²) >= 11 is 0. The topological polar surface area (TPSA) is 41.6 Å². The highest BCUT2D eigenvalue weighted by atomic mass is 16.5. The second-order valence-electron chi connectivity index (χ2n) is 6.48. The highest BCUT2D eigenvalue weighted by molar-refractivity contribution is 5.88. The average Bonchev–Trinajstić information content (AvgIpc) is 3.08. The van der Waals surface area contributed by atoms with Crippen molar-refractivity contribution in [3.8, 4) is 5.75 Å². The van der Waals surface area contributed by atoms with Crippen molar-refractivity contribution >= 4 is 16.7 Å². The summed E-state index contributed by atoms with van der Waals surface area (Å²) in [4.78, 5) is 14.3. The molecule has 1 N–H and O–H groups in total. The molecule has 1 amide bonds. The first-order valence-corrected chi connectivity index (χ1v) is 8.81. The number of amides is 1. The number of likely N-dealkylation sites (tertiary alicyclic amines) is 1. The minimum absolute atomic E-state index is 0.259.